The Morgan fingerprint density at radius 2 is 2.33 bits per heavy atom. The highest BCUT2D eigenvalue weighted by atomic mass is 79.9. The summed E-state index contributed by atoms with van der Waals surface area (Å²) in [6.07, 6.45) is 0. The Morgan fingerprint density at radius 1 is 1.50 bits per heavy atom. The van der Waals surface area contributed by atoms with E-state index >= 15 is 0 Å². The van der Waals surface area contributed by atoms with Crippen molar-refractivity contribution in [3.8, 4) is 5.75 Å². The van der Waals surface area contributed by atoms with Gasteiger partial charge in [-0.25, -0.2) is 0 Å². The normalized spacial score (nSPS) is 20.9. The van der Waals surface area contributed by atoms with Crippen molar-refractivity contribution < 1.29 is 9.47 Å². The summed E-state index contributed by atoms with van der Waals surface area (Å²) in [4.78, 5) is 2.43. The van der Waals surface area contributed by atoms with Crippen molar-refractivity contribution >= 4 is 31.9 Å². The maximum absolute atomic E-state index is 5.51. The van der Waals surface area contributed by atoms with Gasteiger partial charge in [0, 0.05) is 34.5 Å². The van der Waals surface area contributed by atoms with Crippen LogP contribution in [-0.4, -0.2) is 43.1 Å². The number of methoxy groups -OCH3 is 1. The van der Waals surface area contributed by atoms with Gasteiger partial charge in [0.1, 0.15) is 5.75 Å². The molecular formula is C13H17Br2NO2. The summed E-state index contributed by atoms with van der Waals surface area (Å²) in [6, 6.07) is 6.56. The first-order valence-electron chi connectivity index (χ1n) is 5.94. The van der Waals surface area contributed by atoms with Crippen LogP contribution in [0.25, 0.3) is 0 Å². The predicted molar refractivity (Wildman–Crippen MR) is 79.5 cm³/mol. The van der Waals surface area contributed by atoms with Crippen LogP contribution in [0.1, 0.15) is 5.56 Å². The third-order valence-electron chi connectivity index (χ3n) is 3.14. The molecule has 18 heavy (non-hydrogen) atoms. The minimum absolute atomic E-state index is 0.433. The smallest absolute Gasteiger partial charge is 0.123 e. The van der Waals surface area contributed by atoms with E-state index in [4.69, 9.17) is 9.47 Å². The summed E-state index contributed by atoms with van der Waals surface area (Å²) < 4.78 is 12.0. The minimum atomic E-state index is 0.433. The Bertz CT molecular complexity index is 401. The van der Waals surface area contributed by atoms with Crippen LogP contribution in [0.5, 0.6) is 5.75 Å². The van der Waals surface area contributed by atoms with E-state index in [0.717, 1.165) is 41.9 Å². The number of alkyl halides is 1. The standard InChI is InChI=1S/C13H17Br2NO2/c1-17-13-3-2-11(15)6-10(13)8-16-4-5-18-9-12(16)7-14/h2-3,6,12H,4-5,7-9H2,1H3. The highest BCUT2D eigenvalue weighted by Gasteiger charge is 2.22. The van der Waals surface area contributed by atoms with E-state index in [0.29, 0.717) is 6.04 Å². The second kappa shape index (κ2) is 6.89. The van der Waals surface area contributed by atoms with E-state index in [9.17, 15) is 0 Å². The van der Waals surface area contributed by atoms with Crippen molar-refractivity contribution in [3.05, 3.63) is 28.2 Å². The molecule has 0 aliphatic carbocycles. The first kappa shape index (κ1) is 14.3. The zero-order valence-electron chi connectivity index (χ0n) is 10.4. The summed E-state index contributed by atoms with van der Waals surface area (Å²) in [5, 5.41) is 0.934. The molecule has 2 rings (SSSR count). The predicted octanol–water partition coefficient (Wildman–Crippen LogP) is 3.05. The van der Waals surface area contributed by atoms with Gasteiger partial charge in [-0.3, -0.25) is 4.90 Å². The molecule has 0 amide bonds. The zero-order valence-corrected chi connectivity index (χ0v) is 13.5. The van der Waals surface area contributed by atoms with Crippen molar-refractivity contribution in [1.29, 1.82) is 0 Å². The number of hydrogen-bond acceptors (Lipinski definition) is 3. The quantitative estimate of drug-likeness (QED) is 0.751. The Balaban J connectivity index is 2.14. The van der Waals surface area contributed by atoms with Crippen LogP contribution in [0.15, 0.2) is 22.7 Å². The highest BCUT2D eigenvalue weighted by Crippen LogP contribution is 2.25. The molecule has 1 atom stereocenters. The lowest BCUT2D eigenvalue weighted by molar-refractivity contribution is -0.00240. The SMILES string of the molecule is COc1ccc(Br)cc1CN1CCOCC1CBr. The molecular weight excluding hydrogens is 362 g/mol. The van der Waals surface area contributed by atoms with Gasteiger partial charge in [0.25, 0.3) is 0 Å². The molecule has 1 fully saturated rings. The van der Waals surface area contributed by atoms with Crippen LogP contribution in [-0.2, 0) is 11.3 Å². The molecule has 0 saturated carbocycles. The van der Waals surface area contributed by atoms with Gasteiger partial charge in [-0.05, 0) is 18.2 Å². The average Bonchev–Trinajstić information content (AvgIpc) is 2.40. The molecule has 1 unspecified atom stereocenters. The Kier molecular flexibility index (Phi) is 5.48. The largest absolute Gasteiger partial charge is 0.496 e. The molecule has 1 aliphatic rings. The monoisotopic (exact) mass is 377 g/mol. The van der Waals surface area contributed by atoms with E-state index in [1.54, 1.807) is 7.11 Å². The summed E-state index contributed by atoms with van der Waals surface area (Å²) in [6.45, 7) is 3.45. The van der Waals surface area contributed by atoms with Gasteiger partial charge in [-0.2, -0.15) is 0 Å². The molecule has 3 nitrogen and oxygen atoms in total. The fourth-order valence-electron chi connectivity index (χ4n) is 2.13. The molecule has 1 saturated heterocycles. The van der Waals surface area contributed by atoms with E-state index in [1.807, 2.05) is 12.1 Å². The summed E-state index contributed by atoms with van der Waals surface area (Å²) in [5.41, 5.74) is 1.21. The molecule has 1 aromatic carbocycles. The third kappa shape index (κ3) is 3.47. The molecule has 0 bridgehead atoms. The molecule has 1 aliphatic heterocycles. The zero-order chi connectivity index (χ0) is 13.0. The Hall–Kier alpha value is -0.100. The summed E-state index contributed by atoms with van der Waals surface area (Å²) in [7, 11) is 1.72. The van der Waals surface area contributed by atoms with Gasteiger partial charge in [0.2, 0.25) is 0 Å². The van der Waals surface area contributed by atoms with Gasteiger partial charge >= 0.3 is 0 Å². The lowest BCUT2D eigenvalue weighted by atomic mass is 10.1. The molecule has 1 heterocycles. The fraction of sp³-hybridized carbons (Fsp3) is 0.538. The van der Waals surface area contributed by atoms with Gasteiger partial charge in [0.15, 0.2) is 0 Å². The van der Waals surface area contributed by atoms with Gasteiger partial charge in [-0.15, -0.1) is 0 Å². The maximum Gasteiger partial charge on any atom is 0.123 e. The maximum atomic E-state index is 5.51. The van der Waals surface area contributed by atoms with Crippen molar-refractivity contribution in [1.82, 2.24) is 4.90 Å². The van der Waals surface area contributed by atoms with E-state index in [2.05, 4.69) is 42.8 Å². The van der Waals surface area contributed by atoms with Crippen LogP contribution >= 0.6 is 31.9 Å². The van der Waals surface area contributed by atoms with Crippen LogP contribution in [0.2, 0.25) is 0 Å². The summed E-state index contributed by atoms with van der Waals surface area (Å²) in [5.74, 6) is 0.943. The van der Waals surface area contributed by atoms with Crippen molar-refractivity contribution in [2.45, 2.75) is 12.6 Å². The lowest BCUT2D eigenvalue weighted by Crippen LogP contribution is -2.45. The number of nitrogens with zero attached hydrogens (tertiary/aromatic N) is 1. The first-order chi connectivity index (χ1) is 8.74. The summed E-state index contributed by atoms with van der Waals surface area (Å²) >= 11 is 7.07. The van der Waals surface area contributed by atoms with Crippen LogP contribution in [0.4, 0.5) is 0 Å². The minimum Gasteiger partial charge on any atom is -0.496 e. The highest BCUT2D eigenvalue weighted by molar-refractivity contribution is 9.10. The number of benzene rings is 1. The van der Waals surface area contributed by atoms with E-state index in [-0.39, 0.29) is 0 Å². The first-order valence-corrected chi connectivity index (χ1v) is 7.86. The molecule has 0 aromatic heterocycles. The van der Waals surface area contributed by atoms with Crippen molar-refractivity contribution in [2.75, 3.05) is 32.2 Å². The second-order valence-corrected chi connectivity index (χ2v) is 5.87. The number of morpholine rings is 1. The van der Waals surface area contributed by atoms with E-state index < -0.39 is 0 Å². The third-order valence-corrected chi connectivity index (χ3v) is 4.38. The molecule has 0 N–H and O–H groups in total. The topological polar surface area (TPSA) is 21.7 Å². The fourth-order valence-corrected chi connectivity index (χ4v) is 3.13. The van der Waals surface area contributed by atoms with Gasteiger partial charge < -0.3 is 9.47 Å². The van der Waals surface area contributed by atoms with Crippen LogP contribution < -0.4 is 4.74 Å². The molecule has 5 heteroatoms. The number of halogens is 2. The molecule has 1 aromatic rings. The Labute approximate surface area is 125 Å². The van der Waals surface area contributed by atoms with Gasteiger partial charge in [0.05, 0.1) is 20.3 Å². The number of ether oxygens (including phenoxy) is 2. The van der Waals surface area contributed by atoms with E-state index in [1.165, 1.54) is 5.56 Å². The number of hydrogen-bond donors (Lipinski definition) is 0. The lowest BCUT2D eigenvalue weighted by Gasteiger charge is -2.34. The van der Waals surface area contributed by atoms with Gasteiger partial charge in [-0.1, -0.05) is 31.9 Å². The number of rotatable bonds is 4. The average molecular weight is 379 g/mol. The van der Waals surface area contributed by atoms with Crippen LogP contribution in [0, 0.1) is 0 Å². The molecule has 0 spiro atoms. The molecule has 0 radical (unpaired) electrons. The van der Waals surface area contributed by atoms with Crippen molar-refractivity contribution in [3.63, 3.8) is 0 Å². The molecule has 100 valence electrons. The van der Waals surface area contributed by atoms with Crippen LogP contribution in [0.3, 0.4) is 0 Å². The van der Waals surface area contributed by atoms with Crippen molar-refractivity contribution in [2.24, 2.45) is 0 Å². The Morgan fingerprint density at radius 3 is 3.06 bits per heavy atom. The second-order valence-electron chi connectivity index (χ2n) is 4.31.